The van der Waals surface area contributed by atoms with Gasteiger partial charge in [-0.25, -0.2) is 4.79 Å². The maximum Gasteiger partial charge on any atom is 0.414 e. The fraction of sp³-hybridized carbons (Fsp3) is 0.429. The number of carbonyl (C=O) groups excluding carboxylic acids is 2. The molecule has 1 aliphatic rings. The van der Waals surface area contributed by atoms with Gasteiger partial charge in [0.1, 0.15) is 6.61 Å². The number of hydrogen-bond donors (Lipinski definition) is 3. The summed E-state index contributed by atoms with van der Waals surface area (Å²) in [5, 5.41) is 14.4. The molecule has 2 unspecified atom stereocenters. The summed E-state index contributed by atoms with van der Waals surface area (Å²) in [4.78, 5) is 23.3. The summed E-state index contributed by atoms with van der Waals surface area (Å²) in [6.07, 6.45) is -0.140. The number of rotatable bonds is 3. The standard InChI is InChI=1S/C14H18N2O4/c17-11-6-7-12(15-8-11)13(18)16-14(19)20-9-10-4-2-1-3-5-10/h1-5,11-12,15,17H,6-9H2,(H,16,18,19). The smallest absolute Gasteiger partial charge is 0.414 e. The van der Waals surface area contributed by atoms with E-state index in [2.05, 4.69) is 10.6 Å². The van der Waals surface area contributed by atoms with Gasteiger partial charge in [-0.2, -0.15) is 0 Å². The van der Waals surface area contributed by atoms with E-state index in [0.29, 0.717) is 19.4 Å². The predicted octanol–water partition coefficient (Wildman–Crippen LogP) is 0.552. The number of benzene rings is 1. The van der Waals surface area contributed by atoms with Gasteiger partial charge in [0.05, 0.1) is 12.1 Å². The molecule has 0 spiro atoms. The third-order valence-corrected chi connectivity index (χ3v) is 3.14. The summed E-state index contributed by atoms with van der Waals surface area (Å²) < 4.78 is 4.96. The van der Waals surface area contributed by atoms with Crippen molar-refractivity contribution in [2.24, 2.45) is 0 Å². The fourth-order valence-electron chi connectivity index (χ4n) is 2.01. The van der Waals surface area contributed by atoms with Crippen molar-refractivity contribution in [3.05, 3.63) is 35.9 Å². The van der Waals surface area contributed by atoms with Crippen LogP contribution < -0.4 is 10.6 Å². The number of nitrogens with one attached hydrogen (secondary N) is 2. The van der Waals surface area contributed by atoms with Crippen molar-refractivity contribution >= 4 is 12.0 Å². The van der Waals surface area contributed by atoms with Crippen molar-refractivity contribution in [1.29, 1.82) is 0 Å². The van der Waals surface area contributed by atoms with Crippen LogP contribution in [0, 0.1) is 0 Å². The maximum atomic E-state index is 11.8. The van der Waals surface area contributed by atoms with Gasteiger partial charge in [0.25, 0.3) is 0 Å². The Bertz CT molecular complexity index is 456. The third kappa shape index (κ3) is 4.32. The lowest BCUT2D eigenvalue weighted by Gasteiger charge is -2.25. The zero-order valence-electron chi connectivity index (χ0n) is 11.0. The van der Waals surface area contributed by atoms with E-state index in [4.69, 9.17) is 4.74 Å². The van der Waals surface area contributed by atoms with E-state index in [0.717, 1.165) is 5.56 Å². The van der Waals surface area contributed by atoms with E-state index in [1.54, 1.807) is 0 Å². The highest BCUT2D eigenvalue weighted by Gasteiger charge is 2.25. The molecule has 6 nitrogen and oxygen atoms in total. The number of aliphatic hydroxyl groups is 1. The highest BCUT2D eigenvalue weighted by Crippen LogP contribution is 2.08. The molecule has 2 amide bonds. The van der Waals surface area contributed by atoms with Gasteiger partial charge < -0.3 is 15.2 Å². The Kier molecular flexibility index (Phi) is 5.09. The van der Waals surface area contributed by atoms with E-state index in [9.17, 15) is 14.7 Å². The number of β-amino-alcohol motifs (C(OH)–C–C–N with tert-alkyl or cyclic N) is 1. The molecule has 1 saturated heterocycles. The van der Waals surface area contributed by atoms with Crippen molar-refractivity contribution in [1.82, 2.24) is 10.6 Å². The topological polar surface area (TPSA) is 87.7 Å². The Morgan fingerprint density at radius 1 is 1.30 bits per heavy atom. The van der Waals surface area contributed by atoms with Gasteiger partial charge in [0, 0.05) is 6.54 Å². The Morgan fingerprint density at radius 2 is 2.05 bits per heavy atom. The van der Waals surface area contributed by atoms with Crippen molar-refractivity contribution in [2.75, 3.05) is 6.54 Å². The highest BCUT2D eigenvalue weighted by molar-refractivity contribution is 5.94. The molecule has 1 aliphatic heterocycles. The van der Waals surface area contributed by atoms with Crippen molar-refractivity contribution in [2.45, 2.75) is 31.6 Å². The number of imide groups is 1. The lowest BCUT2D eigenvalue weighted by molar-refractivity contribution is -0.123. The monoisotopic (exact) mass is 278 g/mol. The number of amides is 2. The fourth-order valence-corrected chi connectivity index (χ4v) is 2.01. The van der Waals surface area contributed by atoms with E-state index in [1.165, 1.54) is 0 Å². The summed E-state index contributed by atoms with van der Waals surface area (Å²) in [6, 6.07) is 8.77. The second kappa shape index (κ2) is 7.02. The van der Waals surface area contributed by atoms with Crippen molar-refractivity contribution in [3.63, 3.8) is 0 Å². The first-order chi connectivity index (χ1) is 9.65. The first-order valence-corrected chi connectivity index (χ1v) is 6.58. The molecular formula is C14H18N2O4. The summed E-state index contributed by atoms with van der Waals surface area (Å²) in [6.45, 7) is 0.480. The molecule has 0 radical (unpaired) electrons. The molecule has 108 valence electrons. The molecule has 2 rings (SSSR count). The molecule has 0 aromatic heterocycles. The third-order valence-electron chi connectivity index (χ3n) is 3.14. The molecule has 2 atom stereocenters. The molecule has 1 fully saturated rings. The number of hydrogen-bond acceptors (Lipinski definition) is 5. The minimum Gasteiger partial charge on any atom is -0.444 e. The Morgan fingerprint density at radius 3 is 2.70 bits per heavy atom. The van der Waals surface area contributed by atoms with Crippen LogP contribution in [0.2, 0.25) is 0 Å². The first kappa shape index (κ1) is 14.5. The second-order valence-corrected chi connectivity index (χ2v) is 4.74. The first-order valence-electron chi connectivity index (χ1n) is 6.58. The molecular weight excluding hydrogens is 260 g/mol. The van der Waals surface area contributed by atoms with E-state index in [-0.39, 0.29) is 6.61 Å². The van der Waals surface area contributed by atoms with E-state index in [1.807, 2.05) is 30.3 Å². The summed E-state index contributed by atoms with van der Waals surface area (Å²) in [5.74, 6) is -0.421. The van der Waals surface area contributed by atoms with E-state index < -0.39 is 24.1 Å². The summed E-state index contributed by atoms with van der Waals surface area (Å²) in [7, 11) is 0. The normalized spacial score (nSPS) is 22.1. The minimum absolute atomic E-state index is 0.122. The Balaban J connectivity index is 1.72. The van der Waals surface area contributed by atoms with E-state index >= 15 is 0 Å². The average Bonchev–Trinajstić information content (AvgIpc) is 2.47. The second-order valence-electron chi connectivity index (χ2n) is 4.74. The van der Waals surface area contributed by atoms with Crippen LogP contribution in [0.25, 0.3) is 0 Å². The molecule has 1 aromatic rings. The highest BCUT2D eigenvalue weighted by atomic mass is 16.5. The predicted molar refractivity (Wildman–Crippen MR) is 71.8 cm³/mol. The van der Waals surface area contributed by atoms with Gasteiger partial charge in [-0.15, -0.1) is 0 Å². The molecule has 3 N–H and O–H groups in total. The molecule has 1 heterocycles. The molecule has 6 heteroatoms. The van der Waals surface area contributed by atoms with Crippen LogP contribution >= 0.6 is 0 Å². The molecule has 0 aliphatic carbocycles. The minimum atomic E-state index is -0.758. The van der Waals surface area contributed by atoms with Crippen LogP contribution in [0.4, 0.5) is 4.79 Å². The van der Waals surface area contributed by atoms with Gasteiger partial charge in [-0.1, -0.05) is 30.3 Å². The maximum absolute atomic E-state index is 11.8. The van der Waals surface area contributed by atoms with Gasteiger partial charge in [0.15, 0.2) is 0 Å². The van der Waals surface area contributed by atoms with Crippen molar-refractivity contribution < 1.29 is 19.4 Å². The number of ether oxygens (including phenoxy) is 1. The number of carbonyl (C=O) groups is 2. The lowest BCUT2D eigenvalue weighted by Crippen LogP contribution is -2.51. The van der Waals surface area contributed by atoms with Gasteiger partial charge in [0.2, 0.25) is 5.91 Å². The number of aliphatic hydroxyl groups excluding tert-OH is 1. The Labute approximate surface area is 117 Å². The molecule has 0 saturated carbocycles. The van der Waals surface area contributed by atoms with Crippen molar-refractivity contribution in [3.8, 4) is 0 Å². The zero-order valence-corrected chi connectivity index (χ0v) is 11.0. The van der Waals surface area contributed by atoms with Crippen LogP contribution in [0.1, 0.15) is 18.4 Å². The van der Waals surface area contributed by atoms with Crippen LogP contribution in [0.15, 0.2) is 30.3 Å². The molecule has 0 bridgehead atoms. The Hall–Kier alpha value is -1.92. The quantitative estimate of drug-likeness (QED) is 0.751. The summed E-state index contributed by atoms with van der Waals surface area (Å²) in [5.41, 5.74) is 0.856. The van der Waals surface area contributed by atoms with Gasteiger partial charge in [-0.3, -0.25) is 10.1 Å². The SMILES string of the molecule is O=C(NC(=O)C1CCC(O)CN1)OCc1ccccc1. The number of piperidine rings is 1. The number of alkyl carbamates (subject to hydrolysis) is 1. The molecule has 1 aromatic carbocycles. The average molecular weight is 278 g/mol. The lowest BCUT2D eigenvalue weighted by atomic mass is 10.0. The van der Waals surface area contributed by atoms with Crippen LogP contribution in [0.3, 0.4) is 0 Å². The van der Waals surface area contributed by atoms with Gasteiger partial charge >= 0.3 is 6.09 Å². The van der Waals surface area contributed by atoms with Crippen LogP contribution in [-0.4, -0.2) is 35.8 Å². The zero-order chi connectivity index (χ0) is 14.4. The molecule has 20 heavy (non-hydrogen) atoms. The largest absolute Gasteiger partial charge is 0.444 e. The van der Waals surface area contributed by atoms with Gasteiger partial charge in [-0.05, 0) is 18.4 Å². The van der Waals surface area contributed by atoms with Crippen LogP contribution in [0.5, 0.6) is 0 Å². The van der Waals surface area contributed by atoms with Crippen LogP contribution in [-0.2, 0) is 16.1 Å². The summed E-state index contributed by atoms with van der Waals surface area (Å²) >= 11 is 0.